The van der Waals surface area contributed by atoms with Gasteiger partial charge in [0.05, 0.1) is 0 Å². The molecule has 0 aliphatic carbocycles. The van der Waals surface area contributed by atoms with Crippen LogP contribution in [-0.2, 0) is 6.61 Å². The van der Waals surface area contributed by atoms with E-state index in [0.29, 0.717) is 23.5 Å². The van der Waals surface area contributed by atoms with Gasteiger partial charge in [-0.1, -0.05) is 60.7 Å². The summed E-state index contributed by atoms with van der Waals surface area (Å²) in [5.41, 5.74) is 1.82. The molecule has 0 saturated carbocycles. The summed E-state index contributed by atoms with van der Waals surface area (Å²) < 4.78 is 43.6. The second-order valence-electron chi connectivity index (χ2n) is 5.71. The van der Waals surface area contributed by atoms with Gasteiger partial charge in [-0.05, 0) is 34.9 Å². The SMILES string of the molecule is O=C(c1cccc(-c2cccc(OCc3ccccc3)c2)c1)C(F)(F)F. The molecule has 0 heterocycles. The van der Waals surface area contributed by atoms with Crippen molar-refractivity contribution in [1.82, 2.24) is 0 Å². The summed E-state index contributed by atoms with van der Waals surface area (Å²) in [5, 5.41) is 0. The minimum atomic E-state index is -4.89. The number of hydrogen-bond acceptors (Lipinski definition) is 2. The van der Waals surface area contributed by atoms with E-state index in [1.165, 1.54) is 12.1 Å². The standard InChI is InChI=1S/C21H15F3O2/c22-21(23,24)20(25)18-10-4-8-16(12-18)17-9-5-11-19(13-17)26-14-15-6-2-1-3-7-15/h1-13H,14H2. The molecule has 3 rings (SSSR count). The molecule has 0 bridgehead atoms. The van der Waals surface area contributed by atoms with E-state index < -0.39 is 12.0 Å². The van der Waals surface area contributed by atoms with Crippen molar-refractivity contribution in [2.24, 2.45) is 0 Å². The van der Waals surface area contributed by atoms with Gasteiger partial charge in [-0.25, -0.2) is 0 Å². The molecular formula is C21H15F3O2. The lowest BCUT2D eigenvalue weighted by molar-refractivity contribution is -0.0885. The summed E-state index contributed by atoms with van der Waals surface area (Å²) in [4.78, 5) is 11.4. The molecule has 0 N–H and O–H groups in total. The van der Waals surface area contributed by atoms with Gasteiger partial charge in [-0.15, -0.1) is 0 Å². The van der Waals surface area contributed by atoms with Crippen molar-refractivity contribution in [1.29, 1.82) is 0 Å². The van der Waals surface area contributed by atoms with Gasteiger partial charge in [0.2, 0.25) is 0 Å². The molecular weight excluding hydrogens is 341 g/mol. The van der Waals surface area contributed by atoms with Crippen LogP contribution in [0.2, 0.25) is 0 Å². The Balaban J connectivity index is 1.81. The molecule has 0 unspecified atom stereocenters. The average Bonchev–Trinajstić information content (AvgIpc) is 2.66. The highest BCUT2D eigenvalue weighted by molar-refractivity contribution is 6.01. The van der Waals surface area contributed by atoms with Crippen LogP contribution in [0.1, 0.15) is 15.9 Å². The number of carbonyl (C=O) groups is 1. The number of ether oxygens (including phenoxy) is 1. The summed E-state index contributed by atoms with van der Waals surface area (Å²) in [6, 6.07) is 22.1. The van der Waals surface area contributed by atoms with E-state index in [4.69, 9.17) is 4.74 Å². The molecule has 0 saturated heterocycles. The van der Waals surface area contributed by atoms with Crippen LogP contribution >= 0.6 is 0 Å². The largest absolute Gasteiger partial charge is 0.489 e. The highest BCUT2D eigenvalue weighted by atomic mass is 19.4. The van der Waals surface area contributed by atoms with Crippen LogP contribution in [0.5, 0.6) is 5.75 Å². The Morgan fingerprint density at radius 3 is 2.15 bits per heavy atom. The maximum Gasteiger partial charge on any atom is 0.454 e. The number of halogens is 3. The third kappa shape index (κ3) is 4.30. The van der Waals surface area contributed by atoms with Gasteiger partial charge in [-0.3, -0.25) is 4.79 Å². The molecule has 0 aliphatic rings. The van der Waals surface area contributed by atoms with E-state index >= 15 is 0 Å². The van der Waals surface area contributed by atoms with Gasteiger partial charge in [-0.2, -0.15) is 13.2 Å². The zero-order chi connectivity index (χ0) is 18.6. The minimum Gasteiger partial charge on any atom is -0.489 e. The summed E-state index contributed by atoms with van der Waals surface area (Å²) >= 11 is 0. The van der Waals surface area contributed by atoms with Gasteiger partial charge in [0.25, 0.3) is 5.78 Å². The molecule has 3 aromatic rings. The quantitative estimate of drug-likeness (QED) is 0.550. The molecule has 5 heteroatoms. The molecule has 0 aliphatic heterocycles. The monoisotopic (exact) mass is 356 g/mol. The second-order valence-corrected chi connectivity index (χ2v) is 5.71. The van der Waals surface area contributed by atoms with Gasteiger partial charge in [0, 0.05) is 5.56 Å². The Morgan fingerprint density at radius 1 is 0.808 bits per heavy atom. The molecule has 132 valence electrons. The molecule has 0 spiro atoms. The van der Waals surface area contributed by atoms with E-state index in [0.717, 1.165) is 11.6 Å². The minimum absolute atomic E-state index is 0.384. The van der Waals surface area contributed by atoms with Crippen LogP contribution in [0, 0.1) is 0 Å². The summed E-state index contributed by atoms with van der Waals surface area (Å²) in [7, 11) is 0. The van der Waals surface area contributed by atoms with Gasteiger partial charge in [0.1, 0.15) is 12.4 Å². The Morgan fingerprint density at radius 2 is 1.46 bits per heavy atom. The lowest BCUT2D eigenvalue weighted by Gasteiger charge is -2.10. The van der Waals surface area contributed by atoms with Crippen LogP contribution in [0.4, 0.5) is 13.2 Å². The smallest absolute Gasteiger partial charge is 0.454 e. The first-order valence-electron chi connectivity index (χ1n) is 7.92. The first-order chi connectivity index (χ1) is 12.4. The zero-order valence-electron chi connectivity index (χ0n) is 13.7. The molecule has 0 radical (unpaired) electrons. The second kappa shape index (κ2) is 7.44. The third-order valence-electron chi connectivity index (χ3n) is 3.80. The predicted molar refractivity (Wildman–Crippen MR) is 93.0 cm³/mol. The number of Topliss-reactive ketones (excluding diaryl/α,β-unsaturated/α-hetero) is 1. The number of ketones is 1. The lowest BCUT2D eigenvalue weighted by Crippen LogP contribution is -2.22. The first-order valence-corrected chi connectivity index (χ1v) is 7.92. The van der Waals surface area contributed by atoms with Crippen molar-refractivity contribution >= 4 is 5.78 Å². The van der Waals surface area contributed by atoms with E-state index in [-0.39, 0.29) is 5.56 Å². The lowest BCUT2D eigenvalue weighted by atomic mass is 10.0. The van der Waals surface area contributed by atoms with Crippen LogP contribution in [0.3, 0.4) is 0 Å². The molecule has 2 nitrogen and oxygen atoms in total. The third-order valence-corrected chi connectivity index (χ3v) is 3.80. The van der Waals surface area contributed by atoms with Gasteiger partial charge >= 0.3 is 6.18 Å². The Kier molecular flexibility index (Phi) is 5.07. The maximum absolute atomic E-state index is 12.6. The first kappa shape index (κ1) is 17.7. The topological polar surface area (TPSA) is 26.3 Å². The molecule has 0 aromatic heterocycles. The van der Waals surface area contributed by atoms with E-state index in [1.807, 2.05) is 30.3 Å². The Hall–Kier alpha value is -3.08. The van der Waals surface area contributed by atoms with Crippen molar-refractivity contribution in [2.45, 2.75) is 12.8 Å². The fraction of sp³-hybridized carbons (Fsp3) is 0.0952. The Bertz CT molecular complexity index is 902. The van der Waals surface area contributed by atoms with Crippen LogP contribution in [0.25, 0.3) is 11.1 Å². The summed E-state index contributed by atoms with van der Waals surface area (Å²) in [6.45, 7) is 0.386. The van der Waals surface area contributed by atoms with Crippen molar-refractivity contribution in [2.75, 3.05) is 0 Å². The van der Waals surface area contributed by atoms with Crippen LogP contribution in [0.15, 0.2) is 78.9 Å². The van der Waals surface area contributed by atoms with Crippen molar-refractivity contribution in [3.8, 4) is 16.9 Å². The molecule has 3 aromatic carbocycles. The van der Waals surface area contributed by atoms with Gasteiger partial charge < -0.3 is 4.74 Å². The number of hydrogen-bond donors (Lipinski definition) is 0. The molecule has 0 fully saturated rings. The van der Waals surface area contributed by atoms with Crippen molar-refractivity contribution < 1.29 is 22.7 Å². The normalized spacial score (nSPS) is 11.2. The van der Waals surface area contributed by atoms with Crippen molar-refractivity contribution in [3.63, 3.8) is 0 Å². The van der Waals surface area contributed by atoms with E-state index in [9.17, 15) is 18.0 Å². The highest BCUT2D eigenvalue weighted by Crippen LogP contribution is 2.28. The van der Waals surface area contributed by atoms with Gasteiger partial charge in [0.15, 0.2) is 0 Å². The summed E-state index contributed by atoms with van der Waals surface area (Å²) in [6.07, 6.45) is -4.89. The number of benzene rings is 3. The predicted octanol–water partition coefficient (Wildman–Crippen LogP) is 5.68. The fourth-order valence-electron chi connectivity index (χ4n) is 2.51. The Labute approximate surface area is 148 Å². The molecule has 0 atom stereocenters. The van der Waals surface area contributed by atoms with Crippen LogP contribution < -0.4 is 4.74 Å². The molecule has 26 heavy (non-hydrogen) atoms. The van der Waals surface area contributed by atoms with E-state index in [2.05, 4.69) is 0 Å². The highest BCUT2D eigenvalue weighted by Gasteiger charge is 2.39. The maximum atomic E-state index is 12.6. The van der Waals surface area contributed by atoms with E-state index in [1.54, 1.807) is 30.3 Å². The fourth-order valence-corrected chi connectivity index (χ4v) is 2.51. The number of rotatable bonds is 5. The molecule has 0 amide bonds. The summed E-state index contributed by atoms with van der Waals surface area (Å²) in [5.74, 6) is -1.25. The zero-order valence-corrected chi connectivity index (χ0v) is 13.7. The van der Waals surface area contributed by atoms with Crippen LogP contribution in [-0.4, -0.2) is 12.0 Å². The number of carbonyl (C=O) groups excluding carboxylic acids is 1. The van der Waals surface area contributed by atoms with Crippen molar-refractivity contribution in [3.05, 3.63) is 90.0 Å². The average molecular weight is 356 g/mol. The number of alkyl halides is 3.